The van der Waals surface area contributed by atoms with E-state index in [1.165, 1.54) is 18.2 Å². The third kappa shape index (κ3) is 5.62. The Kier molecular flexibility index (Phi) is 6.72. The zero-order valence-electron chi connectivity index (χ0n) is 19.5. The highest BCUT2D eigenvalue weighted by atomic mass is 19.4. The minimum Gasteiger partial charge on any atom is -0.370 e. The van der Waals surface area contributed by atoms with Crippen LogP contribution in [0, 0.1) is 5.82 Å². The molecule has 0 aliphatic carbocycles. The van der Waals surface area contributed by atoms with Crippen molar-refractivity contribution in [1.29, 1.82) is 0 Å². The molecule has 3 aliphatic heterocycles. The van der Waals surface area contributed by atoms with Crippen molar-refractivity contribution in [1.82, 2.24) is 15.1 Å². The van der Waals surface area contributed by atoms with E-state index in [9.17, 15) is 22.4 Å². The van der Waals surface area contributed by atoms with E-state index in [0.29, 0.717) is 31.1 Å². The standard InChI is InChI=1S/C26H30F4N4O/c27-21-3-5-23(6-4-21)34-12-9-24(16-34)33-11-8-22(15-33)31-25(35)17-32-10-7-18-1-2-20(26(28,29)30)13-19(18)14-32/h1-6,13,22,24H,7-12,14-17H2,(H,31,35). The number of carbonyl (C=O) groups is 1. The van der Waals surface area contributed by atoms with Crippen LogP contribution < -0.4 is 10.2 Å². The number of hydrogen-bond donors (Lipinski definition) is 1. The number of nitrogens with zero attached hydrogens (tertiary/aromatic N) is 3. The van der Waals surface area contributed by atoms with Crippen molar-refractivity contribution in [2.24, 2.45) is 0 Å². The third-order valence-corrected chi connectivity index (χ3v) is 7.45. The van der Waals surface area contributed by atoms with Crippen LogP contribution in [0.1, 0.15) is 29.5 Å². The maximum Gasteiger partial charge on any atom is 0.416 e. The van der Waals surface area contributed by atoms with Gasteiger partial charge in [0.2, 0.25) is 5.91 Å². The van der Waals surface area contributed by atoms with Gasteiger partial charge in [0.25, 0.3) is 0 Å². The predicted molar refractivity (Wildman–Crippen MR) is 126 cm³/mol. The Morgan fingerprint density at radius 3 is 2.54 bits per heavy atom. The molecule has 2 unspecified atom stereocenters. The summed E-state index contributed by atoms with van der Waals surface area (Å²) in [7, 11) is 0. The maximum absolute atomic E-state index is 13.2. The van der Waals surface area contributed by atoms with Gasteiger partial charge < -0.3 is 10.2 Å². The monoisotopic (exact) mass is 490 g/mol. The number of halogens is 4. The van der Waals surface area contributed by atoms with Crippen molar-refractivity contribution < 1.29 is 22.4 Å². The van der Waals surface area contributed by atoms with E-state index in [4.69, 9.17) is 0 Å². The van der Waals surface area contributed by atoms with Gasteiger partial charge in [0.15, 0.2) is 0 Å². The van der Waals surface area contributed by atoms with Crippen molar-refractivity contribution in [2.75, 3.05) is 44.2 Å². The van der Waals surface area contributed by atoms with Gasteiger partial charge in [-0.05, 0) is 66.8 Å². The van der Waals surface area contributed by atoms with Crippen LogP contribution in [0.2, 0.25) is 0 Å². The van der Waals surface area contributed by atoms with Gasteiger partial charge in [-0.1, -0.05) is 6.07 Å². The molecule has 2 atom stereocenters. The van der Waals surface area contributed by atoms with Crippen LogP contribution in [-0.4, -0.2) is 67.1 Å². The number of anilines is 1. The summed E-state index contributed by atoms with van der Waals surface area (Å²) >= 11 is 0. The average molecular weight is 491 g/mol. The smallest absolute Gasteiger partial charge is 0.370 e. The lowest BCUT2D eigenvalue weighted by molar-refractivity contribution is -0.137. The number of hydrogen-bond acceptors (Lipinski definition) is 4. The van der Waals surface area contributed by atoms with E-state index in [1.54, 1.807) is 6.07 Å². The first-order valence-electron chi connectivity index (χ1n) is 12.2. The SMILES string of the molecule is O=C(CN1CCc2ccc(C(F)(F)F)cc2C1)NC1CCN(C2CCN(c3ccc(F)cc3)C2)C1. The van der Waals surface area contributed by atoms with Gasteiger partial charge in [-0.15, -0.1) is 0 Å². The van der Waals surface area contributed by atoms with Gasteiger partial charge in [0, 0.05) is 57.0 Å². The van der Waals surface area contributed by atoms with E-state index in [0.717, 1.165) is 56.3 Å². The number of likely N-dealkylation sites (tertiary alicyclic amines) is 1. The second-order valence-corrected chi connectivity index (χ2v) is 9.85. The van der Waals surface area contributed by atoms with Crippen molar-refractivity contribution in [3.05, 3.63) is 65.0 Å². The second-order valence-electron chi connectivity index (χ2n) is 9.85. The molecule has 1 N–H and O–H groups in total. The molecule has 35 heavy (non-hydrogen) atoms. The molecule has 2 aromatic carbocycles. The maximum atomic E-state index is 13.2. The van der Waals surface area contributed by atoms with E-state index >= 15 is 0 Å². The number of rotatable bonds is 5. The Balaban J connectivity index is 1.09. The summed E-state index contributed by atoms with van der Waals surface area (Å²) in [5.74, 6) is -0.311. The Hall–Kier alpha value is -2.65. The number of amides is 1. The summed E-state index contributed by atoms with van der Waals surface area (Å²) in [4.78, 5) is 19.3. The highest BCUT2D eigenvalue weighted by Gasteiger charge is 2.34. The number of benzene rings is 2. The molecular formula is C26H30F4N4O. The Morgan fingerprint density at radius 1 is 0.971 bits per heavy atom. The molecule has 0 aromatic heterocycles. The van der Waals surface area contributed by atoms with Crippen LogP contribution in [0.15, 0.2) is 42.5 Å². The molecule has 5 rings (SSSR count). The Bertz CT molecular complexity index is 1060. The molecule has 1 amide bonds. The fraction of sp³-hybridized carbons (Fsp3) is 0.500. The van der Waals surface area contributed by atoms with Gasteiger partial charge in [-0.3, -0.25) is 14.6 Å². The minimum absolute atomic E-state index is 0.0772. The largest absolute Gasteiger partial charge is 0.416 e. The highest BCUT2D eigenvalue weighted by molar-refractivity contribution is 5.78. The van der Waals surface area contributed by atoms with Crippen LogP contribution in [0.5, 0.6) is 0 Å². The Labute approximate surface area is 202 Å². The predicted octanol–water partition coefficient (Wildman–Crippen LogP) is 3.67. The van der Waals surface area contributed by atoms with Crippen LogP contribution in [-0.2, 0) is 23.9 Å². The molecule has 2 fully saturated rings. The first kappa shape index (κ1) is 24.1. The number of fused-ring (bicyclic) bond motifs is 1. The first-order chi connectivity index (χ1) is 16.7. The van der Waals surface area contributed by atoms with Crippen molar-refractivity contribution in [3.8, 4) is 0 Å². The first-order valence-corrected chi connectivity index (χ1v) is 12.2. The quantitative estimate of drug-likeness (QED) is 0.650. The topological polar surface area (TPSA) is 38.8 Å². The lowest BCUT2D eigenvalue weighted by atomic mass is 9.97. The van der Waals surface area contributed by atoms with Crippen LogP contribution in [0.25, 0.3) is 0 Å². The minimum atomic E-state index is -4.36. The fourth-order valence-corrected chi connectivity index (χ4v) is 5.57. The molecule has 0 radical (unpaired) electrons. The molecule has 0 bridgehead atoms. The van der Waals surface area contributed by atoms with Crippen molar-refractivity contribution in [3.63, 3.8) is 0 Å². The lowest BCUT2D eigenvalue weighted by Gasteiger charge is -2.29. The summed E-state index contributed by atoms with van der Waals surface area (Å²) < 4.78 is 52.4. The highest BCUT2D eigenvalue weighted by Crippen LogP contribution is 2.32. The molecule has 9 heteroatoms. The lowest BCUT2D eigenvalue weighted by Crippen LogP contribution is -2.45. The molecule has 188 valence electrons. The van der Waals surface area contributed by atoms with E-state index in [2.05, 4.69) is 15.1 Å². The van der Waals surface area contributed by atoms with Gasteiger partial charge in [-0.25, -0.2) is 4.39 Å². The molecule has 0 saturated carbocycles. The van der Waals surface area contributed by atoms with Gasteiger partial charge in [0.1, 0.15) is 5.82 Å². The third-order valence-electron chi connectivity index (χ3n) is 7.45. The zero-order chi connectivity index (χ0) is 24.6. The molecule has 3 heterocycles. The number of nitrogens with one attached hydrogen (secondary N) is 1. The second kappa shape index (κ2) is 9.78. The molecule has 3 aliphatic rings. The van der Waals surface area contributed by atoms with E-state index < -0.39 is 11.7 Å². The van der Waals surface area contributed by atoms with Crippen LogP contribution >= 0.6 is 0 Å². The average Bonchev–Trinajstić information content (AvgIpc) is 3.48. The molecule has 2 aromatic rings. The molecule has 2 saturated heterocycles. The van der Waals surface area contributed by atoms with E-state index in [1.807, 2.05) is 17.0 Å². The summed E-state index contributed by atoms with van der Waals surface area (Å²) in [5.41, 5.74) is 1.96. The van der Waals surface area contributed by atoms with Crippen LogP contribution in [0.4, 0.5) is 23.2 Å². The zero-order valence-corrected chi connectivity index (χ0v) is 19.5. The summed E-state index contributed by atoms with van der Waals surface area (Å²) in [5, 5.41) is 3.13. The van der Waals surface area contributed by atoms with Gasteiger partial charge in [0.05, 0.1) is 12.1 Å². The summed E-state index contributed by atoms with van der Waals surface area (Å²) in [6.07, 6.45) is -1.80. The Morgan fingerprint density at radius 2 is 1.77 bits per heavy atom. The molecular weight excluding hydrogens is 460 g/mol. The number of alkyl halides is 3. The number of carbonyl (C=O) groups excluding carboxylic acids is 1. The molecule has 0 spiro atoms. The summed E-state index contributed by atoms with van der Waals surface area (Å²) in [6, 6.07) is 11.0. The normalized spacial score (nSPS) is 23.5. The van der Waals surface area contributed by atoms with Gasteiger partial charge >= 0.3 is 6.18 Å². The summed E-state index contributed by atoms with van der Waals surface area (Å²) in [6.45, 7) is 4.73. The fourth-order valence-electron chi connectivity index (χ4n) is 5.57. The van der Waals surface area contributed by atoms with E-state index in [-0.39, 0.29) is 24.3 Å². The molecule has 5 nitrogen and oxygen atoms in total. The van der Waals surface area contributed by atoms with Crippen LogP contribution in [0.3, 0.4) is 0 Å². The van der Waals surface area contributed by atoms with Crippen molar-refractivity contribution >= 4 is 11.6 Å². The van der Waals surface area contributed by atoms with Crippen molar-refractivity contribution in [2.45, 2.75) is 44.1 Å². The van der Waals surface area contributed by atoms with Gasteiger partial charge in [-0.2, -0.15) is 13.2 Å².